The van der Waals surface area contributed by atoms with Crippen LogP contribution in [0, 0.1) is 28.8 Å². The number of pyridine rings is 1. The Hall–Kier alpha value is -2.90. The van der Waals surface area contributed by atoms with Crippen molar-refractivity contribution in [2.75, 3.05) is 5.32 Å². The molecule has 0 radical (unpaired) electrons. The molecule has 0 bridgehead atoms. The lowest BCUT2D eigenvalue weighted by atomic mass is 10.1. The van der Waals surface area contributed by atoms with Crippen LogP contribution < -0.4 is 5.32 Å². The first-order chi connectivity index (χ1) is 9.90. The van der Waals surface area contributed by atoms with Crippen molar-refractivity contribution in [3.63, 3.8) is 0 Å². The van der Waals surface area contributed by atoms with E-state index in [-0.39, 0.29) is 11.4 Å². The number of halogens is 2. The van der Waals surface area contributed by atoms with E-state index < -0.39 is 28.2 Å². The molecule has 0 aliphatic rings. The van der Waals surface area contributed by atoms with Crippen LogP contribution >= 0.6 is 0 Å². The third-order valence-corrected chi connectivity index (χ3v) is 2.69. The third-order valence-electron chi connectivity index (χ3n) is 2.69. The molecule has 1 aromatic carbocycles. The maximum Gasteiger partial charge on any atom is 0.292 e. The maximum absolute atomic E-state index is 13.5. The molecule has 1 amide bonds. The van der Waals surface area contributed by atoms with Crippen LogP contribution in [-0.2, 0) is 0 Å². The molecule has 2 aromatic rings. The SMILES string of the molecule is Cc1ccc([N+](=O)[O-])c(NC(=O)c2ccnc(F)c2F)c1. The van der Waals surface area contributed by atoms with E-state index in [4.69, 9.17) is 0 Å². The highest BCUT2D eigenvalue weighted by molar-refractivity contribution is 6.05. The number of carbonyl (C=O) groups excluding carboxylic acids is 1. The summed E-state index contributed by atoms with van der Waals surface area (Å²) in [4.78, 5) is 25.2. The molecule has 21 heavy (non-hydrogen) atoms. The Morgan fingerprint density at radius 1 is 1.33 bits per heavy atom. The molecule has 0 fully saturated rings. The smallest absolute Gasteiger partial charge is 0.292 e. The molecule has 2 rings (SSSR count). The molecule has 6 nitrogen and oxygen atoms in total. The summed E-state index contributed by atoms with van der Waals surface area (Å²) < 4.78 is 26.4. The number of hydrogen-bond acceptors (Lipinski definition) is 4. The van der Waals surface area contributed by atoms with E-state index in [1.807, 2.05) is 0 Å². The molecular weight excluding hydrogens is 284 g/mol. The molecule has 0 spiro atoms. The minimum absolute atomic E-state index is 0.0957. The van der Waals surface area contributed by atoms with Crippen LogP contribution in [0.5, 0.6) is 0 Å². The van der Waals surface area contributed by atoms with Gasteiger partial charge in [0.1, 0.15) is 5.69 Å². The molecule has 0 aliphatic heterocycles. The Labute approximate surface area is 117 Å². The van der Waals surface area contributed by atoms with Crippen LogP contribution in [0.25, 0.3) is 0 Å². The second kappa shape index (κ2) is 5.61. The first-order valence-electron chi connectivity index (χ1n) is 5.76. The first-order valence-corrected chi connectivity index (χ1v) is 5.76. The van der Waals surface area contributed by atoms with Gasteiger partial charge in [-0.25, -0.2) is 9.37 Å². The number of carbonyl (C=O) groups is 1. The van der Waals surface area contributed by atoms with E-state index in [2.05, 4.69) is 10.3 Å². The van der Waals surface area contributed by atoms with Gasteiger partial charge in [0, 0.05) is 12.3 Å². The molecule has 1 aromatic heterocycles. The van der Waals surface area contributed by atoms with Crippen molar-refractivity contribution in [2.45, 2.75) is 6.92 Å². The Bertz CT molecular complexity index is 735. The van der Waals surface area contributed by atoms with Crippen molar-refractivity contribution < 1.29 is 18.5 Å². The van der Waals surface area contributed by atoms with Gasteiger partial charge in [-0.15, -0.1) is 0 Å². The van der Waals surface area contributed by atoms with E-state index in [0.29, 0.717) is 5.56 Å². The van der Waals surface area contributed by atoms with Crippen LogP contribution in [0.4, 0.5) is 20.2 Å². The summed E-state index contributed by atoms with van der Waals surface area (Å²) in [5.74, 6) is -3.82. The summed E-state index contributed by atoms with van der Waals surface area (Å²) in [7, 11) is 0. The van der Waals surface area contributed by atoms with Gasteiger partial charge in [0.25, 0.3) is 11.6 Å². The number of nitrogens with zero attached hydrogens (tertiary/aromatic N) is 2. The number of aromatic nitrogens is 1. The van der Waals surface area contributed by atoms with Crippen molar-refractivity contribution in [1.82, 2.24) is 4.98 Å². The maximum atomic E-state index is 13.5. The highest BCUT2D eigenvalue weighted by atomic mass is 19.2. The zero-order chi connectivity index (χ0) is 15.6. The summed E-state index contributed by atoms with van der Waals surface area (Å²) in [5, 5.41) is 13.1. The van der Waals surface area contributed by atoms with Gasteiger partial charge in [-0.3, -0.25) is 14.9 Å². The fourth-order valence-electron chi connectivity index (χ4n) is 1.69. The Morgan fingerprint density at radius 2 is 2.05 bits per heavy atom. The van der Waals surface area contributed by atoms with Gasteiger partial charge in [-0.2, -0.15) is 4.39 Å². The van der Waals surface area contributed by atoms with Gasteiger partial charge in [0.15, 0.2) is 5.82 Å². The van der Waals surface area contributed by atoms with Crippen LogP contribution in [0.15, 0.2) is 30.5 Å². The van der Waals surface area contributed by atoms with Crippen molar-refractivity contribution in [3.05, 3.63) is 63.5 Å². The minimum atomic E-state index is -1.42. The molecular formula is C13H9F2N3O3. The zero-order valence-electron chi connectivity index (χ0n) is 10.8. The summed E-state index contributed by atoms with van der Waals surface area (Å²) in [5.41, 5.74) is -0.360. The molecule has 0 unspecified atom stereocenters. The monoisotopic (exact) mass is 293 g/mol. The fraction of sp³-hybridized carbons (Fsp3) is 0.0769. The first kappa shape index (κ1) is 14.5. The number of amides is 1. The number of hydrogen-bond donors (Lipinski definition) is 1. The highest BCUT2D eigenvalue weighted by Crippen LogP contribution is 2.26. The van der Waals surface area contributed by atoms with E-state index >= 15 is 0 Å². The second-order valence-corrected chi connectivity index (χ2v) is 4.20. The number of anilines is 1. The minimum Gasteiger partial charge on any atom is -0.316 e. The van der Waals surface area contributed by atoms with Crippen LogP contribution in [0.2, 0.25) is 0 Å². The normalized spacial score (nSPS) is 10.2. The van der Waals surface area contributed by atoms with Crippen LogP contribution in [0.3, 0.4) is 0 Å². The summed E-state index contributed by atoms with van der Waals surface area (Å²) in [6.07, 6.45) is 0.929. The molecule has 0 saturated carbocycles. The highest BCUT2D eigenvalue weighted by Gasteiger charge is 2.20. The standard InChI is InChI=1S/C13H9F2N3O3/c1-7-2-3-10(18(20)21)9(6-7)17-13(19)8-4-5-16-12(15)11(8)14/h2-6H,1H3,(H,17,19). The average Bonchev–Trinajstić information content (AvgIpc) is 2.41. The predicted octanol–water partition coefficient (Wildman–Crippen LogP) is 2.83. The van der Waals surface area contributed by atoms with E-state index in [9.17, 15) is 23.7 Å². The number of nitrogens with one attached hydrogen (secondary N) is 1. The van der Waals surface area contributed by atoms with E-state index in [1.165, 1.54) is 18.2 Å². The molecule has 8 heteroatoms. The van der Waals surface area contributed by atoms with Crippen molar-refractivity contribution in [2.24, 2.45) is 0 Å². The lowest BCUT2D eigenvalue weighted by Gasteiger charge is -2.07. The number of benzene rings is 1. The van der Waals surface area contributed by atoms with Gasteiger partial charge < -0.3 is 5.32 Å². The number of nitro benzene ring substituents is 1. The van der Waals surface area contributed by atoms with Gasteiger partial charge in [-0.05, 0) is 24.6 Å². The quantitative estimate of drug-likeness (QED) is 0.535. The third kappa shape index (κ3) is 2.99. The van der Waals surface area contributed by atoms with Gasteiger partial charge in [-0.1, -0.05) is 6.07 Å². The number of rotatable bonds is 3. The van der Waals surface area contributed by atoms with Crippen LogP contribution in [0.1, 0.15) is 15.9 Å². The number of nitro groups is 1. The van der Waals surface area contributed by atoms with Crippen molar-refractivity contribution >= 4 is 17.3 Å². The van der Waals surface area contributed by atoms with Gasteiger partial charge >= 0.3 is 0 Å². The second-order valence-electron chi connectivity index (χ2n) is 4.20. The Kier molecular flexibility index (Phi) is 3.88. The molecule has 108 valence electrons. The molecule has 1 N–H and O–H groups in total. The Morgan fingerprint density at radius 3 is 2.71 bits per heavy atom. The molecule has 0 atom stereocenters. The molecule has 0 saturated heterocycles. The average molecular weight is 293 g/mol. The lowest BCUT2D eigenvalue weighted by Crippen LogP contribution is -2.16. The number of aryl methyl sites for hydroxylation is 1. The van der Waals surface area contributed by atoms with E-state index in [0.717, 1.165) is 12.3 Å². The summed E-state index contributed by atoms with van der Waals surface area (Å²) in [6, 6.07) is 5.07. The fourth-order valence-corrected chi connectivity index (χ4v) is 1.69. The van der Waals surface area contributed by atoms with Crippen molar-refractivity contribution in [3.8, 4) is 0 Å². The molecule has 1 heterocycles. The zero-order valence-corrected chi connectivity index (χ0v) is 10.8. The van der Waals surface area contributed by atoms with Gasteiger partial charge in [0.2, 0.25) is 5.95 Å². The lowest BCUT2D eigenvalue weighted by molar-refractivity contribution is -0.383. The largest absolute Gasteiger partial charge is 0.316 e. The van der Waals surface area contributed by atoms with Gasteiger partial charge in [0.05, 0.1) is 10.5 Å². The summed E-state index contributed by atoms with van der Waals surface area (Å²) in [6.45, 7) is 1.67. The van der Waals surface area contributed by atoms with E-state index in [1.54, 1.807) is 6.92 Å². The Balaban J connectivity index is 2.38. The topological polar surface area (TPSA) is 85.1 Å². The van der Waals surface area contributed by atoms with Crippen LogP contribution in [-0.4, -0.2) is 15.8 Å². The predicted molar refractivity (Wildman–Crippen MR) is 69.9 cm³/mol. The summed E-state index contributed by atoms with van der Waals surface area (Å²) >= 11 is 0. The molecule has 0 aliphatic carbocycles. The van der Waals surface area contributed by atoms with Crippen molar-refractivity contribution in [1.29, 1.82) is 0 Å².